The molecule has 1 fully saturated rings. The fourth-order valence-electron chi connectivity index (χ4n) is 3.79. The van der Waals surface area contributed by atoms with Crippen molar-refractivity contribution in [1.29, 1.82) is 0 Å². The van der Waals surface area contributed by atoms with Gasteiger partial charge in [-0.1, -0.05) is 13.0 Å². The summed E-state index contributed by atoms with van der Waals surface area (Å²) in [7, 11) is -3.57. The zero-order chi connectivity index (χ0) is 22.2. The molecule has 0 radical (unpaired) electrons. The lowest BCUT2D eigenvalue weighted by atomic mass is 10.0. The van der Waals surface area contributed by atoms with Crippen molar-refractivity contribution in [1.82, 2.24) is 4.31 Å². The lowest BCUT2D eigenvalue weighted by Gasteiger charge is -2.30. The monoisotopic (exact) mass is 440 g/mol. The maximum absolute atomic E-state index is 12.9. The SMILES string of the molecule is Cc1ccc2c(=O)cc(C(=O)Nc3ccc(S(=O)(=O)N4CCC[C@H](C)C4)cc3)oc2c1. The van der Waals surface area contributed by atoms with Crippen LogP contribution in [0, 0.1) is 12.8 Å². The van der Waals surface area contributed by atoms with Crippen LogP contribution in [0.2, 0.25) is 0 Å². The molecular weight excluding hydrogens is 416 g/mol. The number of benzene rings is 2. The van der Waals surface area contributed by atoms with Crippen molar-refractivity contribution in [2.75, 3.05) is 18.4 Å². The zero-order valence-corrected chi connectivity index (χ0v) is 18.2. The van der Waals surface area contributed by atoms with Gasteiger partial charge in [0, 0.05) is 24.8 Å². The standard InChI is InChI=1S/C23H24N2O5S/c1-15-5-10-19-20(26)13-22(30-21(19)12-15)23(27)24-17-6-8-18(9-7-17)31(28,29)25-11-3-4-16(2)14-25/h5-10,12-13,16H,3-4,11,14H2,1-2H3,(H,24,27)/t16-/m0/s1. The first kappa shape index (κ1) is 21.3. The highest BCUT2D eigenvalue weighted by molar-refractivity contribution is 7.89. The number of nitrogens with zero attached hydrogens (tertiary/aromatic N) is 1. The van der Waals surface area contributed by atoms with E-state index in [4.69, 9.17) is 4.42 Å². The second kappa shape index (κ2) is 8.28. The van der Waals surface area contributed by atoms with Crippen LogP contribution in [0.4, 0.5) is 5.69 Å². The molecule has 31 heavy (non-hydrogen) atoms. The van der Waals surface area contributed by atoms with Gasteiger partial charge in [0.2, 0.25) is 10.0 Å². The lowest BCUT2D eigenvalue weighted by molar-refractivity contribution is 0.0997. The molecule has 0 saturated carbocycles. The van der Waals surface area contributed by atoms with Crippen LogP contribution >= 0.6 is 0 Å². The first-order chi connectivity index (χ1) is 14.7. The highest BCUT2D eigenvalue weighted by atomic mass is 32.2. The van der Waals surface area contributed by atoms with Crippen LogP contribution < -0.4 is 10.7 Å². The fourth-order valence-corrected chi connectivity index (χ4v) is 5.39. The number of piperidine rings is 1. The Labute approximate surface area is 180 Å². The summed E-state index contributed by atoms with van der Waals surface area (Å²) >= 11 is 0. The second-order valence-corrected chi connectivity index (χ2v) is 10.0. The van der Waals surface area contributed by atoms with Gasteiger partial charge in [-0.15, -0.1) is 0 Å². The number of fused-ring (bicyclic) bond motifs is 1. The van der Waals surface area contributed by atoms with E-state index in [2.05, 4.69) is 5.32 Å². The number of carbonyl (C=O) groups excluding carboxylic acids is 1. The molecule has 7 nitrogen and oxygen atoms in total. The molecule has 0 bridgehead atoms. The van der Waals surface area contributed by atoms with Gasteiger partial charge in [0.25, 0.3) is 5.91 Å². The lowest BCUT2D eigenvalue weighted by Crippen LogP contribution is -2.39. The van der Waals surface area contributed by atoms with Gasteiger partial charge in [-0.3, -0.25) is 9.59 Å². The quantitative estimate of drug-likeness (QED) is 0.666. The summed E-state index contributed by atoms with van der Waals surface area (Å²) in [5, 5.41) is 3.06. The van der Waals surface area contributed by atoms with Gasteiger partial charge in [0.05, 0.1) is 10.3 Å². The van der Waals surface area contributed by atoms with Gasteiger partial charge >= 0.3 is 0 Å². The number of amides is 1. The van der Waals surface area contributed by atoms with Crippen LogP contribution in [0.25, 0.3) is 11.0 Å². The van der Waals surface area contributed by atoms with E-state index in [9.17, 15) is 18.0 Å². The number of carbonyl (C=O) groups is 1. The van der Waals surface area contributed by atoms with Gasteiger partial charge in [-0.25, -0.2) is 8.42 Å². The summed E-state index contributed by atoms with van der Waals surface area (Å²) in [5.41, 5.74) is 1.36. The molecule has 1 aromatic heterocycles. The Morgan fingerprint density at radius 3 is 2.58 bits per heavy atom. The van der Waals surface area contributed by atoms with Crippen molar-refractivity contribution in [3.63, 3.8) is 0 Å². The summed E-state index contributed by atoms with van der Waals surface area (Å²) in [6.45, 7) is 4.95. The molecule has 1 atom stereocenters. The summed E-state index contributed by atoms with van der Waals surface area (Å²) < 4.78 is 32.9. The highest BCUT2D eigenvalue weighted by Gasteiger charge is 2.28. The van der Waals surface area contributed by atoms with E-state index in [1.54, 1.807) is 18.2 Å². The van der Waals surface area contributed by atoms with Crippen molar-refractivity contribution >= 4 is 32.6 Å². The summed E-state index contributed by atoms with van der Waals surface area (Å²) in [4.78, 5) is 25.1. The van der Waals surface area contributed by atoms with E-state index in [-0.39, 0.29) is 16.1 Å². The molecule has 1 aliphatic rings. The molecule has 1 saturated heterocycles. The van der Waals surface area contributed by atoms with Gasteiger partial charge in [-0.2, -0.15) is 4.31 Å². The fraction of sp³-hybridized carbons (Fsp3) is 0.304. The van der Waals surface area contributed by atoms with Gasteiger partial charge in [0.15, 0.2) is 11.2 Å². The number of sulfonamides is 1. The molecule has 1 N–H and O–H groups in total. The Kier molecular flexibility index (Phi) is 5.68. The van der Waals surface area contributed by atoms with Crippen LogP contribution in [0.3, 0.4) is 0 Å². The minimum Gasteiger partial charge on any atom is -0.451 e. The van der Waals surface area contributed by atoms with Gasteiger partial charge < -0.3 is 9.73 Å². The van der Waals surface area contributed by atoms with Crippen molar-refractivity contribution in [3.8, 4) is 0 Å². The number of anilines is 1. The van der Waals surface area contributed by atoms with Crippen molar-refractivity contribution < 1.29 is 17.6 Å². The average Bonchev–Trinajstić information content (AvgIpc) is 2.73. The van der Waals surface area contributed by atoms with Gasteiger partial charge in [0.1, 0.15) is 5.58 Å². The molecule has 0 unspecified atom stereocenters. The maximum Gasteiger partial charge on any atom is 0.291 e. The third-order valence-corrected chi connectivity index (χ3v) is 7.36. The number of hydrogen-bond donors (Lipinski definition) is 1. The van der Waals surface area contributed by atoms with Crippen LogP contribution in [0.5, 0.6) is 0 Å². The minimum absolute atomic E-state index is 0.109. The summed E-state index contributed by atoms with van der Waals surface area (Å²) in [6.07, 6.45) is 1.88. The predicted molar refractivity (Wildman–Crippen MR) is 119 cm³/mol. The van der Waals surface area contributed by atoms with Crippen LogP contribution in [-0.2, 0) is 10.0 Å². The summed E-state index contributed by atoms with van der Waals surface area (Å²) in [5.74, 6) is -0.356. The Bertz CT molecular complexity index is 1300. The molecule has 0 aliphatic carbocycles. The Morgan fingerprint density at radius 1 is 1.13 bits per heavy atom. The predicted octanol–water partition coefficient (Wildman–Crippen LogP) is 3.77. The zero-order valence-electron chi connectivity index (χ0n) is 17.4. The van der Waals surface area contributed by atoms with Crippen molar-refractivity contribution in [3.05, 3.63) is 70.1 Å². The first-order valence-corrected chi connectivity index (χ1v) is 11.6. The Balaban J connectivity index is 1.53. The maximum atomic E-state index is 12.9. The average molecular weight is 441 g/mol. The van der Waals surface area contributed by atoms with E-state index in [0.717, 1.165) is 24.5 Å². The second-order valence-electron chi connectivity index (χ2n) is 8.06. The third-order valence-electron chi connectivity index (χ3n) is 5.48. The molecule has 4 rings (SSSR count). The van der Waals surface area contributed by atoms with Crippen LogP contribution in [-0.4, -0.2) is 31.7 Å². The van der Waals surface area contributed by atoms with Crippen LogP contribution in [0.15, 0.2) is 62.6 Å². The van der Waals surface area contributed by atoms with E-state index in [0.29, 0.717) is 35.7 Å². The van der Waals surface area contributed by atoms with Crippen molar-refractivity contribution in [2.45, 2.75) is 31.6 Å². The molecule has 162 valence electrons. The third kappa shape index (κ3) is 4.40. The van der Waals surface area contributed by atoms with E-state index >= 15 is 0 Å². The van der Waals surface area contributed by atoms with E-state index in [1.807, 2.05) is 13.8 Å². The molecule has 2 heterocycles. The number of nitrogens with one attached hydrogen (secondary N) is 1. The van der Waals surface area contributed by atoms with E-state index < -0.39 is 15.9 Å². The molecule has 8 heteroatoms. The smallest absolute Gasteiger partial charge is 0.291 e. The molecule has 0 spiro atoms. The number of rotatable bonds is 4. The van der Waals surface area contributed by atoms with E-state index in [1.165, 1.54) is 28.6 Å². The van der Waals surface area contributed by atoms with Crippen molar-refractivity contribution in [2.24, 2.45) is 5.92 Å². The number of aryl methyl sites for hydroxylation is 1. The highest BCUT2D eigenvalue weighted by Crippen LogP contribution is 2.24. The Morgan fingerprint density at radius 2 is 1.87 bits per heavy atom. The number of hydrogen-bond acceptors (Lipinski definition) is 5. The molecule has 1 aliphatic heterocycles. The topological polar surface area (TPSA) is 96.7 Å². The minimum atomic E-state index is -3.57. The molecule has 1 amide bonds. The van der Waals surface area contributed by atoms with Crippen LogP contribution in [0.1, 0.15) is 35.9 Å². The Hall–Kier alpha value is -2.97. The van der Waals surface area contributed by atoms with Gasteiger partial charge in [-0.05, 0) is 67.6 Å². The molecule has 3 aromatic rings. The largest absolute Gasteiger partial charge is 0.451 e. The normalized spacial score (nSPS) is 17.5. The first-order valence-electron chi connectivity index (χ1n) is 10.2. The molecule has 2 aromatic carbocycles. The summed E-state index contributed by atoms with van der Waals surface area (Å²) in [6, 6.07) is 12.3. The molecular formula is C23H24N2O5S.